The Balaban J connectivity index is 1.88. The van der Waals surface area contributed by atoms with Gasteiger partial charge in [-0.25, -0.2) is 8.78 Å². The van der Waals surface area contributed by atoms with Gasteiger partial charge in [0, 0.05) is 36.1 Å². The van der Waals surface area contributed by atoms with Gasteiger partial charge in [0.2, 0.25) is 0 Å². The molecule has 0 aliphatic rings. The first kappa shape index (κ1) is 24.3. The Bertz CT molecular complexity index is 1100. The SMILES string of the molecule is O=C([C@H](O)c1ccc(F)cc1)N(CCc1ccc(C(F)(F)F)cn1)c1ccc(F)c(CO)c1. The van der Waals surface area contributed by atoms with Crippen LogP contribution in [0, 0.1) is 11.6 Å². The highest BCUT2D eigenvalue weighted by Crippen LogP contribution is 2.29. The zero-order chi connectivity index (χ0) is 24.2. The van der Waals surface area contributed by atoms with Crippen LogP contribution in [0.25, 0.3) is 0 Å². The van der Waals surface area contributed by atoms with Gasteiger partial charge in [-0.05, 0) is 48.0 Å². The quantitative estimate of drug-likeness (QED) is 0.513. The van der Waals surface area contributed by atoms with Gasteiger partial charge in [0.05, 0.1) is 12.2 Å². The Morgan fingerprint density at radius 2 is 1.73 bits per heavy atom. The van der Waals surface area contributed by atoms with E-state index in [9.17, 15) is 37.0 Å². The normalized spacial score (nSPS) is 12.5. The Morgan fingerprint density at radius 3 is 2.30 bits per heavy atom. The summed E-state index contributed by atoms with van der Waals surface area (Å²) in [7, 11) is 0. The first-order valence-corrected chi connectivity index (χ1v) is 9.76. The highest BCUT2D eigenvalue weighted by molar-refractivity contribution is 5.97. The second kappa shape index (κ2) is 10.1. The van der Waals surface area contributed by atoms with Crippen molar-refractivity contribution in [1.82, 2.24) is 4.98 Å². The maximum Gasteiger partial charge on any atom is 0.417 e. The summed E-state index contributed by atoms with van der Waals surface area (Å²) < 4.78 is 65.3. The van der Waals surface area contributed by atoms with Crippen molar-refractivity contribution in [3.8, 4) is 0 Å². The average molecular weight is 466 g/mol. The van der Waals surface area contributed by atoms with Gasteiger partial charge >= 0.3 is 6.18 Å². The summed E-state index contributed by atoms with van der Waals surface area (Å²) >= 11 is 0. The lowest BCUT2D eigenvalue weighted by Crippen LogP contribution is -2.37. The fourth-order valence-corrected chi connectivity index (χ4v) is 3.12. The zero-order valence-electron chi connectivity index (χ0n) is 17.1. The molecule has 0 saturated carbocycles. The van der Waals surface area contributed by atoms with Crippen LogP contribution in [-0.2, 0) is 24.0 Å². The van der Waals surface area contributed by atoms with E-state index in [4.69, 9.17) is 0 Å². The molecule has 0 radical (unpaired) electrons. The van der Waals surface area contributed by atoms with Gasteiger partial charge < -0.3 is 15.1 Å². The fraction of sp³-hybridized carbons (Fsp3) is 0.217. The number of aliphatic hydroxyl groups is 2. The third kappa shape index (κ3) is 5.91. The third-order valence-electron chi connectivity index (χ3n) is 4.94. The second-order valence-electron chi connectivity index (χ2n) is 7.16. The summed E-state index contributed by atoms with van der Waals surface area (Å²) in [6.07, 6.45) is -5.53. The molecule has 0 aliphatic carbocycles. The number of hydrogen-bond donors (Lipinski definition) is 2. The van der Waals surface area contributed by atoms with Gasteiger partial charge in [0.25, 0.3) is 5.91 Å². The average Bonchev–Trinajstić information content (AvgIpc) is 2.79. The number of carbonyl (C=O) groups is 1. The Morgan fingerprint density at radius 1 is 1.03 bits per heavy atom. The summed E-state index contributed by atoms with van der Waals surface area (Å²) in [6.45, 7) is -0.755. The minimum absolute atomic E-state index is 0.0197. The molecule has 5 nitrogen and oxygen atoms in total. The largest absolute Gasteiger partial charge is 0.417 e. The van der Waals surface area contributed by atoms with Crippen LogP contribution in [-0.4, -0.2) is 27.6 Å². The number of aromatic nitrogens is 1. The van der Waals surface area contributed by atoms with E-state index in [2.05, 4.69) is 4.98 Å². The number of alkyl halides is 3. The number of hydrogen-bond acceptors (Lipinski definition) is 4. The van der Waals surface area contributed by atoms with E-state index < -0.39 is 42.0 Å². The summed E-state index contributed by atoms with van der Waals surface area (Å²) in [5.74, 6) is -2.09. The molecule has 0 aliphatic heterocycles. The second-order valence-corrected chi connectivity index (χ2v) is 7.16. The molecule has 2 aromatic carbocycles. The minimum atomic E-state index is -4.54. The first-order chi connectivity index (χ1) is 15.6. The predicted molar refractivity (Wildman–Crippen MR) is 109 cm³/mol. The van der Waals surface area contributed by atoms with Crippen molar-refractivity contribution in [1.29, 1.82) is 0 Å². The molecule has 0 fully saturated rings. The number of benzene rings is 2. The van der Waals surface area contributed by atoms with Crippen LogP contribution in [0.5, 0.6) is 0 Å². The van der Waals surface area contributed by atoms with Crippen molar-refractivity contribution >= 4 is 11.6 Å². The standard InChI is InChI=1S/C23H19F5N2O3/c24-17-4-1-14(2-5-17)21(32)22(33)30(19-7-8-20(25)15(11-19)13-31)10-9-18-6-3-16(12-29-18)23(26,27)28/h1-8,11-12,21,31-32H,9-10,13H2/t21-/m1/s1. The highest BCUT2D eigenvalue weighted by Gasteiger charge is 2.31. The Kier molecular flexibility index (Phi) is 7.39. The molecule has 1 atom stereocenters. The van der Waals surface area contributed by atoms with Crippen LogP contribution in [0.2, 0.25) is 0 Å². The van der Waals surface area contributed by atoms with Crippen LogP contribution in [0.4, 0.5) is 27.6 Å². The molecular formula is C23H19F5N2O3. The third-order valence-corrected chi connectivity index (χ3v) is 4.94. The van der Waals surface area contributed by atoms with Crippen molar-refractivity contribution < 1.29 is 37.0 Å². The molecule has 0 spiro atoms. The molecule has 10 heteroatoms. The number of pyridine rings is 1. The lowest BCUT2D eigenvalue weighted by molar-refractivity contribution is -0.137. The number of amides is 1. The maximum absolute atomic E-state index is 13.8. The predicted octanol–water partition coefficient (Wildman–Crippen LogP) is 4.18. The summed E-state index contributed by atoms with van der Waals surface area (Å²) in [5, 5.41) is 19.9. The van der Waals surface area contributed by atoms with Gasteiger partial charge in [0.1, 0.15) is 11.6 Å². The van der Waals surface area contributed by atoms with E-state index >= 15 is 0 Å². The van der Waals surface area contributed by atoms with Crippen molar-refractivity contribution in [3.63, 3.8) is 0 Å². The van der Waals surface area contributed by atoms with Crippen molar-refractivity contribution in [2.24, 2.45) is 0 Å². The molecule has 3 aromatic rings. The number of aliphatic hydroxyl groups excluding tert-OH is 2. The molecule has 3 rings (SSSR count). The number of rotatable bonds is 7. The highest BCUT2D eigenvalue weighted by atomic mass is 19.4. The topological polar surface area (TPSA) is 73.7 Å². The van der Waals surface area contributed by atoms with Gasteiger partial charge in [-0.15, -0.1) is 0 Å². The van der Waals surface area contributed by atoms with E-state index in [1.165, 1.54) is 30.3 Å². The van der Waals surface area contributed by atoms with E-state index in [1.807, 2.05) is 0 Å². The number of halogens is 5. The molecule has 33 heavy (non-hydrogen) atoms. The van der Waals surface area contributed by atoms with E-state index in [0.717, 1.165) is 29.2 Å². The van der Waals surface area contributed by atoms with Gasteiger partial charge in [0.15, 0.2) is 6.10 Å². The van der Waals surface area contributed by atoms with Crippen molar-refractivity contribution in [2.75, 3.05) is 11.4 Å². The molecule has 1 aromatic heterocycles. The molecule has 1 heterocycles. The molecule has 0 unspecified atom stereocenters. The molecule has 0 saturated heterocycles. The van der Waals surface area contributed by atoms with Crippen LogP contribution in [0.15, 0.2) is 60.8 Å². The number of nitrogens with zero attached hydrogens (tertiary/aromatic N) is 2. The van der Waals surface area contributed by atoms with Crippen LogP contribution < -0.4 is 4.90 Å². The van der Waals surface area contributed by atoms with Crippen LogP contribution in [0.3, 0.4) is 0 Å². The summed E-state index contributed by atoms with van der Waals surface area (Å²) in [5.41, 5.74) is -0.491. The van der Waals surface area contributed by atoms with Gasteiger partial charge in [-0.2, -0.15) is 13.2 Å². The zero-order valence-corrected chi connectivity index (χ0v) is 17.1. The van der Waals surface area contributed by atoms with Crippen LogP contribution >= 0.6 is 0 Å². The van der Waals surface area contributed by atoms with E-state index in [1.54, 1.807) is 0 Å². The van der Waals surface area contributed by atoms with E-state index in [0.29, 0.717) is 6.20 Å². The summed E-state index contributed by atoms with van der Waals surface area (Å²) in [6, 6.07) is 10.2. The Hall–Kier alpha value is -3.37. The van der Waals surface area contributed by atoms with Crippen molar-refractivity contribution in [2.45, 2.75) is 25.3 Å². The number of carbonyl (C=O) groups excluding carboxylic acids is 1. The summed E-state index contributed by atoms with van der Waals surface area (Å²) in [4.78, 5) is 17.9. The van der Waals surface area contributed by atoms with Crippen molar-refractivity contribution in [3.05, 3.63) is 94.8 Å². The molecule has 0 bridgehead atoms. The first-order valence-electron chi connectivity index (χ1n) is 9.76. The fourth-order valence-electron chi connectivity index (χ4n) is 3.12. The van der Waals surface area contributed by atoms with Crippen LogP contribution in [0.1, 0.15) is 28.5 Å². The smallest absolute Gasteiger partial charge is 0.392 e. The lowest BCUT2D eigenvalue weighted by atomic mass is 10.1. The molecule has 2 N–H and O–H groups in total. The van der Waals surface area contributed by atoms with E-state index in [-0.39, 0.29) is 35.5 Å². The molecule has 1 amide bonds. The van der Waals surface area contributed by atoms with Gasteiger partial charge in [-0.1, -0.05) is 12.1 Å². The molecule has 174 valence electrons. The Labute approximate surface area is 185 Å². The van der Waals surface area contributed by atoms with Gasteiger partial charge in [-0.3, -0.25) is 9.78 Å². The monoisotopic (exact) mass is 466 g/mol. The maximum atomic E-state index is 13.8. The minimum Gasteiger partial charge on any atom is -0.392 e. The molecular weight excluding hydrogens is 447 g/mol. The lowest BCUT2D eigenvalue weighted by Gasteiger charge is -2.26. The number of anilines is 1.